The van der Waals surface area contributed by atoms with Gasteiger partial charge in [-0.25, -0.2) is 9.97 Å². The van der Waals surface area contributed by atoms with E-state index in [1.54, 1.807) is 32.2 Å². The zero-order chi connectivity index (χ0) is 27.9. The Bertz CT molecular complexity index is 1800. The van der Waals surface area contributed by atoms with Gasteiger partial charge in [0, 0.05) is 23.9 Å². The SMILES string of the molecule is Cc1cc(Nc2ncc3nc(-c4cc(NC(=O)c5cccc(C(F)(F)F)c5)ccc4C)c(=O)n(C)c3n2)sn1. The first-order valence-electron chi connectivity index (χ1n) is 11.5. The fourth-order valence-corrected chi connectivity index (χ4v) is 4.53. The van der Waals surface area contributed by atoms with Crippen LogP contribution in [0.1, 0.15) is 27.2 Å². The van der Waals surface area contributed by atoms with Crippen molar-refractivity contribution in [3.8, 4) is 11.3 Å². The van der Waals surface area contributed by atoms with E-state index >= 15 is 0 Å². The number of hydrogen-bond donors (Lipinski definition) is 2. The van der Waals surface area contributed by atoms with E-state index < -0.39 is 23.2 Å². The lowest BCUT2D eigenvalue weighted by Gasteiger charge is -2.13. The number of halogens is 3. The number of carbonyl (C=O) groups excluding carboxylic acids is 1. The van der Waals surface area contributed by atoms with Gasteiger partial charge in [-0.1, -0.05) is 12.1 Å². The minimum Gasteiger partial charge on any atom is -0.322 e. The first-order valence-corrected chi connectivity index (χ1v) is 12.3. The summed E-state index contributed by atoms with van der Waals surface area (Å²) in [6, 6.07) is 10.8. The summed E-state index contributed by atoms with van der Waals surface area (Å²) in [5.41, 5.74) is 1.59. The van der Waals surface area contributed by atoms with Gasteiger partial charge in [-0.3, -0.25) is 14.2 Å². The number of nitrogens with one attached hydrogen (secondary N) is 2. The predicted molar refractivity (Wildman–Crippen MR) is 142 cm³/mol. The molecule has 0 aliphatic carbocycles. The molecule has 198 valence electrons. The molecule has 0 aliphatic heterocycles. The Balaban J connectivity index is 1.47. The van der Waals surface area contributed by atoms with Crippen molar-refractivity contribution in [3.63, 3.8) is 0 Å². The van der Waals surface area contributed by atoms with E-state index in [2.05, 4.69) is 30.0 Å². The molecule has 13 heteroatoms. The summed E-state index contributed by atoms with van der Waals surface area (Å²) in [7, 11) is 1.57. The fraction of sp³-hybridized carbons (Fsp3) is 0.154. The van der Waals surface area contributed by atoms with Gasteiger partial charge in [-0.15, -0.1) is 0 Å². The minimum absolute atomic E-state index is 0.111. The van der Waals surface area contributed by atoms with Gasteiger partial charge in [0.1, 0.15) is 16.2 Å². The summed E-state index contributed by atoms with van der Waals surface area (Å²) in [5, 5.41) is 6.41. The summed E-state index contributed by atoms with van der Waals surface area (Å²) in [6.07, 6.45) is -3.08. The molecule has 3 aromatic heterocycles. The van der Waals surface area contributed by atoms with Gasteiger partial charge in [0.05, 0.1) is 17.5 Å². The summed E-state index contributed by atoms with van der Waals surface area (Å²) in [6.45, 7) is 3.64. The Kier molecular flexibility index (Phi) is 6.60. The molecular formula is C26H20F3N7O2S. The molecule has 5 rings (SSSR count). The maximum atomic E-state index is 13.3. The molecule has 0 fully saturated rings. The Labute approximate surface area is 223 Å². The van der Waals surface area contributed by atoms with E-state index in [4.69, 9.17) is 0 Å². The average molecular weight is 552 g/mol. The van der Waals surface area contributed by atoms with Gasteiger partial charge in [-0.2, -0.15) is 22.5 Å². The number of aryl methyl sites for hydroxylation is 3. The monoisotopic (exact) mass is 551 g/mol. The maximum absolute atomic E-state index is 13.3. The standard InChI is InChI=1S/C26H20F3N7O2S/c1-13-7-8-17(31-23(37)15-5-4-6-16(10-15)26(27,28)29)11-18(13)21-24(38)36(3)22-19(32-21)12-30-25(34-22)33-20-9-14(2)35-39-20/h4-12H,1-3H3,(H,31,37)(H,30,33,34). The lowest BCUT2D eigenvalue weighted by atomic mass is 10.0. The van der Waals surface area contributed by atoms with E-state index in [9.17, 15) is 22.8 Å². The number of alkyl halides is 3. The number of nitrogens with zero attached hydrogens (tertiary/aromatic N) is 5. The maximum Gasteiger partial charge on any atom is 0.416 e. The second-order valence-corrected chi connectivity index (χ2v) is 9.55. The van der Waals surface area contributed by atoms with E-state index in [0.29, 0.717) is 22.3 Å². The van der Waals surface area contributed by atoms with Gasteiger partial charge in [0.2, 0.25) is 5.95 Å². The van der Waals surface area contributed by atoms with Crippen LogP contribution in [0.4, 0.5) is 29.8 Å². The van der Waals surface area contributed by atoms with Crippen molar-refractivity contribution < 1.29 is 18.0 Å². The smallest absolute Gasteiger partial charge is 0.322 e. The summed E-state index contributed by atoms with van der Waals surface area (Å²) >= 11 is 1.26. The highest BCUT2D eigenvalue weighted by atomic mass is 32.1. The Morgan fingerprint density at radius 2 is 1.85 bits per heavy atom. The van der Waals surface area contributed by atoms with Crippen molar-refractivity contribution in [2.45, 2.75) is 20.0 Å². The molecule has 0 spiro atoms. The lowest BCUT2D eigenvalue weighted by molar-refractivity contribution is -0.137. The molecule has 1 amide bonds. The molecule has 0 aliphatic rings. The quantitative estimate of drug-likeness (QED) is 0.297. The summed E-state index contributed by atoms with van der Waals surface area (Å²) in [5.74, 6) is -0.439. The second-order valence-electron chi connectivity index (χ2n) is 8.75. The minimum atomic E-state index is -4.57. The number of anilines is 3. The van der Waals surface area contributed by atoms with Crippen LogP contribution in [0.15, 0.2) is 59.5 Å². The molecule has 0 unspecified atom stereocenters. The van der Waals surface area contributed by atoms with Crippen LogP contribution in [0.3, 0.4) is 0 Å². The summed E-state index contributed by atoms with van der Waals surface area (Å²) < 4.78 is 44.7. The van der Waals surface area contributed by atoms with E-state index in [-0.39, 0.29) is 22.9 Å². The van der Waals surface area contributed by atoms with Crippen molar-refractivity contribution in [2.75, 3.05) is 10.6 Å². The molecular weight excluding hydrogens is 531 g/mol. The third kappa shape index (κ3) is 5.34. The van der Waals surface area contributed by atoms with Crippen LogP contribution in [0.5, 0.6) is 0 Å². The molecule has 5 aromatic rings. The Morgan fingerprint density at radius 3 is 2.56 bits per heavy atom. The average Bonchev–Trinajstić information content (AvgIpc) is 3.31. The number of amides is 1. The van der Waals surface area contributed by atoms with Crippen LogP contribution >= 0.6 is 11.5 Å². The topological polar surface area (TPSA) is 115 Å². The first-order chi connectivity index (χ1) is 18.5. The van der Waals surface area contributed by atoms with Gasteiger partial charge in [0.25, 0.3) is 11.5 Å². The first kappa shape index (κ1) is 26.0. The fourth-order valence-electron chi connectivity index (χ4n) is 3.88. The zero-order valence-electron chi connectivity index (χ0n) is 20.8. The highest BCUT2D eigenvalue weighted by Gasteiger charge is 2.31. The number of fused-ring (bicyclic) bond motifs is 1. The van der Waals surface area contributed by atoms with Gasteiger partial charge >= 0.3 is 6.18 Å². The molecule has 0 bridgehead atoms. The lowest BCUT2D eigenvalue weighted by Crippen LogP contribution is -2.22. The van der Waals surface area contributed by atoms with Crippen LogP contribution in [0.25, 0.3) is 22.4 Å². The van der Waals surface area contributed by atoms with Crippen molar-refractivity contribution in [3.05, 3.63) is 87.5 Å². The highest BCUT2D eigenvalue weighted by molar-refractivity contribution is 7.10. The van der Waals surface area contributed by atoms with E-state index in [1.807, 2.05) is 13.0 Å². The molecule has 0 atom stereocenters. The molecule has 9 nitrogen and oxygen atoms in total. The molecule has 0 radical (unpaired) electrons. The van der Waals surface area contributed by atoms with E-state index in [0.717, 1.165) is 22.8 Å². The van der Waals surface area contributed by atoms with Crippen molar-refractivity contribution in [1.29, 1.82) is 0 Å². The number of rotatable bonds is 5. The normalized spacial score (nSPS) is 11.5. The van der Waals surface area contributed by atoms with Crippen LogP contribution < -0.4 is 16.2 Å². The van der Waals surface area contributed by atoms with Gasteiger partial charge in [0.15, 0.2) is 5.65 Å². The summed E-state index contributed by atoms with van der Waals surface area (Å²) in [4.78, 5) is 39.2. The largest absolute Gasteiger partial charge is 0.416 e. The molecule has 39 heavy (non-hydrogen) atoms. The van der Waals surface area contributed by atoms with Gasteiger partial charge in [-0.05, 0) is 67.3 Å². The van der Waals surface area contributed by atoms with Crippen LogP contribution in [0, 0.1) is 13.8 Å². The third-order valence-corrected chi connectivity index (χ3v) is 6.67. The second kappa shape index (κ2) is 9.91. The predicted octanol–water partition coefficient (Wildman–Crippen LogP) is 5.48. The highest BCUT2D eigenvalue weighted by Crippen LogP contribution is 2.30. The third-order valence-electron chi connectivity index (χ3n) is 5.87. The Hall–Kier alpha value is -4.65. The number of hydrogen-bond acceptors (Lipinski definition) is 8. The molecule has 0 saturated heterocycles. The van der Waals surface area contributed by atoms with Crippen molar-refractivity contribution in [2.24, 2.45) is 7.05 Å². The van der Waals surface area contributed by atoms with Crippen molar-refractivity contribution in [1.82, 2.24) is 23.9 Å². The molecule has 3 heterocycles. The van der Waals surface area contributed by atoms with E-state index in [1.165, 1.54) is 34.4 Å². The van der Waals surface area contributed by atoms with Crippen molar-refractivity contribution >= 4 is 45.2 Å². The number of carbonyl (C=O) groups is 1. The molecule has 0 saturated carbocycles. The van der Waals surface area contributed by atoms with Crippen LogP contribution in [0.2, 0.25) is 0 Å². The zero-order valence-corrected chi connectivity index (χ0v) is 21.6. The number of benzene rings is 2. The van der Waals surface area contributed by atoms with Gasteiger partial charge < -0.3 is 10.6 Å². The van der Waals surface area contributed by atoms with Crippen LogP contribution in [-0.4, -0.2) is 29.8 Å². The molecule has 2 N–H and O–H groups in total. The molecule has 2 aromatic carbocycles. The Morgan fingerprint density at radius 1 is 1.05 bits per heavy atom. The van der Waals surface area contributed by atoms with Crippen LogP contribution in [-0.2, 0) is 13.2 Å². The number of aromatic nitrogens is 5.